The van der Waals surface area contributed by atoms with E-state index in [1.807, 2.05) is 24.3 Å². The van der Waals surface area contributed by atoms with Crippen LogP contribution in [0.15, 0.2) is 36.0 Å². The number of nitrogens with one attached hydrogen (secondary N) is 1. The molecule has 1 N–H and O–H groups in total. The molecule has 0 amide bonds. The number of para-hydroxylation sites is 1. The summed E-state index contributed by atoms with van der Waals surface area (Å²) in [6.07, 6.45) is 4.35. The fourth-order valence-electron chi connectivity index (χ4n) is 1.63. The topological polar surface area (TPSA) is 29.1 Å². The lowest BCUT2D eigenvalue weighted by Gasteiger charge is -2.15. The molecule has 0 saturated carbocycles. The summed E-state index contributed by atoms with van der Waals surface area (Å²) in [7, 11) is 0. The molecule has 0 spiro atoms. The summed E-state index contributed by atoms with van der Waals surface area (Å²) >= 11 is 2.29. The van der Waals surface area contributed by atoms with Gasteiger partial charge >= 0.3 is 0 Å². The minimum absolute atomic E-state index is 0.231. The maximum atomic E-state index is 11.2. The normalized spacial score (nSPS) is 16.1. The quantitative estimate of drug-likeness (QED) is 0.849. The third-order valence-electron chi connectivity index (χ3n) is 2.37. The lowest BCUT2D eigenvalue weighted by Crippen LogP contribution is -2.09. The van der Waals surface area contributed by atoms with E-state index in [2.05, 4.69) is 27.9 Å². The second-order valence-corrected chi connectivity index (χ2v) is 4.76. The molecule has 0 aliphatic heterocycles. The zero-order chi connectivity index (χ0) is 10.7. The van der Waals surface area contributed by atoms with Gasteiger partial charge in [0.1, 0.15) is 0 Å². The van der Waals surface area contributed by atoms with E-state index in [1.54, 1.807) is 6.08 Å². The molecule has 3 heteroatoms. The van der Waals surface area contributed by atoms with E-state index < -0.39 is 0 Å². The fraction of sp³-hybridized carbons (Fsp3) is 0.250. The van der Waals surface area contributed by atoms with Crippen LogP contribution in [0.25, 0.3) is 0 Å². The van der Waals surface area contributed by atoms with Crippen molar-refractivity contribution in [3.8, 4) is 0 Å². The number of hydrogen-bond acceptors (Lipinski definition) is 2. The molecule has 2 rings (SSSR count). The zero-order valence-corrected chi connectivity index (χ0v) is 10.5. The van der Waals surface area contributed by atoms with Crippen LogP contribution in [0.3, 0.4) is 0 Å². The molecule has 0 saturated heterocycles. The van der Waals surface area contributed by atoms with E-state index in [0.717, 1.165) is 24.2 Å². The molecule has 0 fully saturated rings. The van der Waals surface area contributed by atoms with Crippen molar-refractivity contribution < 1.29 is 4.79 Å². The first kappa shape index (κ1) is 10.7. The Morgan fingerprint density at radius 1 is 1.20 bits per heavy atom. The minimum atomic E-state index is 0.231. The molecule has 0 atom stereocenters. The van der Waals surface area contributed by atoms with Gasteiger partial charge in [-0.2, -0.15) is 0 Å². The molecule has 15 heavy (non-hydrogen) atoms. The lowest BCUT2D eigenvalue weighted by molar-refractivity contribution is -0.115. The molecule has 2 nitrogen and oxygen atoms in total. The average molecular weight is 313 g/mol. The summed E-state index contributed by atoms with van der Waals surface area (Å²) < 4.78 is 1.18. The van der Waals surface area contributed by atoms with Crippen LogP contribution >= 0.6 is 22.6 Å². The smallest absolute Gasteiger partial charge is 0.157 e. The van der Waals surface area contributed by atoms with Crippen molar-refractivity contribution in [2.45, 2.75) is 19.3 Å². The maximum Gasteiger partial charge on any atom is 0.157 e. The predicted octanol–water partition coefficient (Wildman–Crippen LogP) is 3.34. The lowest BCUT2D eigenvalue weighted by atomic mass is 10.0. The first-order valence-electron chi connectivity index (χ1n) is 5.00. The van der Waals surface area contributed by atoms with Gasteiger partial charge in [-0.25, -0.2) is 0 Å². The van der Waals surface area contributed by atoms with Crippen LogP contribution in [-0.4, -0.2) is 5.78 Å². The highest BCUT2D eigenvalue weighted by Gasteiger charge is 2.10. The summed E-state index contributed by atoms with van der Waals surface area (Å²) in [6.45, 7) is 0. The Bertz CT molecular complexity index is 412. The fourth-order valence-corrected chi connectivity index (χ4v) is 2.15. The Morgan fingerprint density at radius 2 is 2.00 bits per heavy atom. The number of halogens is 1. The number of allylic oxidation sites excluding steroid dienone is 2. The Morgan fingerprint density at radius 3 is 2.73 bits per heavy atom. The third-order valence-corrected chi connectivity index (χ3v) is 3.31. The van der Waals surface area contributed by atoms with Gasteiger partial charge in [0.05, 0.1) is 5.69 Å². The molecule has 0 bridgehead atoms. The highest BCUT2D eigenvalue weighted by molar-refractivity contribution is 14.1. The summed E-state index contributed by atoms with van der Waals surface area (Å²) in [5.74, 6) is 0.231. The standard InChI is InChI=1S/C12H12INO/c13-11-6-1-2-7-12(11)14-9-4-3-5-10(15)8-9/h1-2,6-8,14H,3-5H2. The molecule has 1 aliphatic rings. The van der Waals surface area contributed by atoms with Crippen molar-refractivity contribution in [1.29, 1.82) is 0 Å². The van der Waals surface area contributed by atoms with Crippen LogP contribution in [0.2, 0.25) is 0 Å². The number of hydrogen-bond donors (Lipinski definition) is 1. The molecule has 0 heterocycles. The Balaban J connectivity index is 2.15. The van der Waals surface area contributed by atoms with Gasteiger partial charge in [0.25, 0.3) is 0 Å². The van der Waals surface area contributed by atoms with Crippen molar-refractivity contribution in [3.05, 3.63) is 39.6 Å². The van der Waals surface area contributed by atoms with E-state index in [0.29, 0.717) is 6.42 Å². The Labute approximate surface area is 103 Å². The van der Waals surface area contributed by atoms with Gasteiger partial charge in [-0.3, -0.25) is 4.79 Å². The number of carbonyl (C=O) groups is 1. The summed E-state index contributed by atoms with van der Waals surface area (Å²) in [5.41, 5.74) is 2.12. The van der Waals surface area contributed by atoms with Crippen molar-refractivity contribution in [1.82, 2.24) is 0 Å². The molecule has 1 aromatic rings. The maximum absolute atomic E-state index is 11.2. The number of benzene rings is 1. The average Bonchev–Trinajstić information content (AvgIpc) is 2.22. The summed E-state index contributed by atoms with van der Waals surface area (Å²) in [4.78, 5) is 11.2. The number of rotatable bonds is 2. The first-order valence-corrected chi connectivity index (χ1v) is 6.08. The van der Waals surface area contributed by atoms with E-state index in [-0.39, 0.29) is 5.78 Å². The second kappa shape index (κ2) is 4.79. The molecule has 0 unspecified atom stereocenters. The molecular formula is C12H12INO. The first-order chi connectivity index (χ1) is 7.25. The molecule has 1 aromatic carbocycles. The zero-order valence-electron chi connectivity index (χ0n) is 8.29. The SMILES string of the molecule is O=C1C=C(Nc2ccccc2I)CCC1. The van der Waals surface area contributed by atoms with Crippen molar-refractivity contribution >= 4 is 34.1 Å². The van der Waals surface area contributed by atoms with Crippen LogP contribution in [0.1, 0.15) is 19.3 Å². The summed E-state index contributed by atoms with van der Waals surface area (Å²) in [5, 5.41) is 3.31. The third kappa shape index (κ3) is 2.81. The number of carbonyl (C=O) groups excluding carboxylic acids is 1. The Hall–Kier alpha value is -0.840. The number of ketones is 1. The van der Waals surface area contributed by atoms with Crippen LogP contribution in [0.5, 0.6) is 0 Å². The van der Waals surface area contributed by atoms with Crippen molar-refractivity contribution in [2.24, 2.45) is 0 Å². The van der Waals surface area contributed by atoms with Gasteiger partial charge in [-0.05, 0) is 47.6 Å². The monoisotopic (exact) mass is 313 g/mol. The highest BCUT2D eigenvalue weighted by atomic mass is 127. The van der Waals surface area contributed by atoms with E-state index >= 15 is 0 Å². The van der Waals surface area contributed by atoms with E-state index in [9.17, 15) is 4.79 Å². The largest absolute Gasteiger partial charge is 0.358 e. The molecular weight excluding hydrogens is 301 g/mol. The van der Waals surface area contributed by atoms with Crippen LogP contribution in [0, 0.1) is 3.57 Å². The van der Waals surface area contributed by atoms with Crippen LogP contribution < -0.4 is 5.32 Å². The molecule has 1 aliphatic carbocycles. The molecule has 0 aromatic heterocycles. The van der Waals surface area contributed by atoms with Gasteiger partial charge in [-0.15, -0.1) is 0 Å². The van der Waals surface area contributed by atoms with Crippen LogP contribution in [0.4, 0.5) is 5.69 Å². The van der Waals surface area contributed by atoms with Gasteiger partial charge in [0, 0.05) is 21.8 Å². The van der Waals surface area contributed by atoms with Crippen molar-refractivity contribution in [2.75, 3.05) is 5.32 Å². The van der Waals surface area contributed by atoms with Gasteiger partial charge in [0.15, 0.2) is 5.78 Å². The van der Waals surface area contributed by atoms with Gasteiger partial charge in [0.2, 0.25) is 0 Å². The Kier molecular flexibility index (Phi) is 3.41. The van der Waals surface area contributed by atoms with Gasteiger partial charge in [-0.1, -0.05) is 12.1 Å². The van der Waals surface area contributed by atoms with Crippen LogP contribution in [-0.2, 0) is 4.79 Å². The number of anilines is 1. The predicted molar refractivity (Wildman–Crippen MR) is 69.7 cm³/mol. The van der Waals surface area contributed by atoms with Gasteiger partial charge < -0.3 is 5.32 Å². The van der Waals surface area contributed by atoms with Crippen molar-refractivity contribution in [3.63, 3.8) is 0 Å². The minimum Gasteiger partial charge on any atom is -0.358 e. The van der Waals surface area contributed by atoms with E-state index in [1.165, 1.54) is 3.57 Å². The van der Waals surface area contributed by atoms with E-state index in [4.69, 9.17) is 0 Å². The molecule has 78 valence electrons. The summed E-state index contributed by atoms with van der Waals surface area (Å²) in [6, 6.07) is 8.08. The highest BCUT2D eigenvalue weighted by Crippen LogP contribution is 2.22. The second-order valence-electron chi connectivity index (χ2n) is 3.59. The molecule has 0 radical (unpaired) electrons.